The van der Waals surface area contributed by atoms with Gasteiger partial charge in [-0.25, -0.2) is 13.2 Å². The van der Waals surface area contributed by atoms with E-state index in [4.69, 9.17) is 4.74 Å². The fourth-order valence-corrected chi connectivity index (χ4v) is 1.85. The van der Waals surface area contributed by atoms with Crippen LogP contribution < -0.4 is 10.1 Å². The Kier molecular flexibility index (Phi) is 4.85. The molecule has 2 aromatic carbocycles. The van der Waals surface area contributed by atoms with Crippen molar-refractivity contribution in [3.8, 4) is 5.75 Å². The van der Waals surface area contributed by atoms with Gasteiger partial charge in [-0.1, -0.05) is 15.9 Å². The van der Waals surface area contributed by atoms with E-state index in [-0.39, 0.29) is 11.4 Å². The van der Waals surface area contributed by atoms with Crippen LogP contribution in [0.15, 0.2) is 40.9 Å². The average molecular weight is 360 g/mol. The molecule has 0 heterocycles. The number of ether oxygens (including phenoxy) is 1. The Bertz CT molecular complexity index is 679. The molecule has 1 N–H and O–H groups in total. The van der Waals surface area contributed by atoms with Gasteiger partial charge in [0.15, 0.2) is 18.2 Å². The molecule has 0 aliphatic heterocycles. The number of amides is 1. The number of hydrogen-bond acceptors (Lipinski definition) is 2. The van der Waals surface area contributed by atoms with E-state index in [2.05, 4.69) is 21.2 Å². The summed E-state index contributed by atoms with van der Waals surface area (Å²) in [5, 5.41) is 2.28. The Hall–Kier alpha value is -2.02. The topological polar surface area (TPSA) is 38.3 Å². The van der Waals surface area contributed by atoms with Crippen molar-refractivity contribution < 1.29 is 22.7 Å². The van der Waals surface area contributed by atoms with E-state index in [1.54, 1.807) is 6.07 Å². The van der Waals surface area contributed by atoms with Crippen molar-refractivity contribution in [1.82, 2.24) is 0 Å². The molecule has 0 unspecified atom stereocenters. The van der Waals surface area contributed by atoms with Gasteiger partial charge >= 0.3 is 0 Å². The summed E-state index contributed by atoms with van der Waals surface area (Å²) in [6.45, 7) is -0.530. The summed E-state index contributed by atoms with van der Waals surface area (Å²) >= 11 is 3.09. The third-order valence-electron chi connectivity index (χ3n) is 2.46. The van der Waals surface area contributed by atoms with Gasteiger partial charge in [0.05, 0.1) is 5.69 Å². The minimum Gasteiger partial charge on any atom is -0.481 e. The number of carbonyl (C=O) groups excluding carboxylic acids is 1. The summed E-state index contributed by atoms with van der Waals surface area (Å²) < 4.78 is 44.9. The molecule has 7 heteroatoms. The van der Waals surface area contributed by atoms with E-state index in [1.807, 2.05) is 0 Å². The molecule has 0 spiro atoms. The highest BCUT2D eigenvalue weighted by molar-refractivity contribution is 9.10. The first-order valence-electron chi connectivity index (χ1n) is 5.78. The molecule has 0 bridgehead atoms. The van der Waals surface area contributed by atoms with Crippen LogP contribution in [0.5, 0.6) is 5.75 Å². The largest absolute Gasteiger partial charge is 0.481 e. The molecule has 0 aliphatic rings. The van der Waals surface area contributed by atoms with Crippen LogP contribution in [-0.2, 0) is 4.79 Å². The summed E-state index contributed by atoms with van der Waals surface area (Å²) in [5.41, 5.74) is -0.0219. The van der Waals surface area contributed by atoms with Crippen LogP contribution in [0.25, 0.3) is 0 Å². The number of hydrogen-bond donors (Lipinski definition) is 1. The van der Waals surface area contributed by atoms with Crippen LogP contribution in [0, 0.1) is 17.5 Å². The summed E-state index contributed by atoms with van der Waals surface area (Å²) in [4.78, 5) is 11.6. The zero-order valence-electron chi connectivity index (χ0n) is 10.5. The molecule has 0 saturated carbocycles. The van der Waals surface area contributed by atoms with Gasteiger partial charge in [0.1, 0.15) is 11.6 Å². The summed E-state index contributed by atoms with van der Waals surface area (Å²) in [6.07, 6.45) is 0. The van der Waals surface area contributed by atoms with E-state index in [0.29, 0.717) is 10.5 Å². The zero-order chi connectivity index (χ0) is 15.4. The smallest absolute Gasteiger partial charge is 0.262 e. The first kappa shape index (κ1) is 15.4. The van der Waals surface area contributed by atoms with E-state index < -0.39 is 30.0 Å². The molecule has 0 saturated heterocycles. The molecule has 110 valence electrons. The maximum absolute atomic E-state index is 13.5. The highest BCUT2D eigenvalue weighted by Gasteiger charge is 2.10. The summed E-state index contributed by atoms with van der Waals surface area (Å²) in [6, 6.07) is 6.83. The molecule has 21 heavy (non-hydrogen) atoms. The third kappa shape index (κ3) is 4.22. The van der Waals surface area contributed by atoms with E-state index in [1.165, 1.54) is 12.1 Å². The Labute approximate surface area is 126 Å². The van der Waals surface area contributed by atoms with Crippen LogP contribution in [-0.4, -0.2) is 12.5 Å². The molecule has 2 rings (SSSR count). The zero-order valence-corrected chi connectivity index (χ0v) is 12.1. The molecule has 0 aromatic heterocycles. The minimum absolute atomic E-state index is 0.0219. The Morgan fingerprint density at radius 2 is 1.86 bits per heavy atom. The summed E-state index contributed by atoms with van der Waals surface area (Å²) in [5.74, 6) is -3.22. The monoisotopic (exact) mass is 359 g/mol. The molecule has 0 fully saturated rings. The second-order valence-corrected chi connectivity index (χ2v) is 4.95. The maximum Gasteiger partial charge on any atom is 0.262 e. The number of carbonyl (C=O) groups is 1. The number of halogens is 4. The lowest BCUT2D eigenvalue weighted by Gasteiger charge is -2.09. The maximum atomic E-state index is 13.5. The van der Waals surface area contributed by atoms with Gasteiger partial charge in [-0.05, 0) is 30.3 Å². The van der Waals surface area contributed by atoms with Gasteiger partial charge < -0.3 is 10.1 Å². The first-order chi connectivity index (χ1) is 9.95. The van der Waals surface area contributed by atoms with Crippen molar-refractivity contribution in [2.24, 2.45) is 0 Å². The van der Waals surface area contributed by atoms with Crippen LogP contribution in [0.3, 0.4) is 0 Å². The summed E-state index contributed by atoms with van der Waals surface area (Å²) in [7, 11) is 0. The lowest BCUT2D eigenvalue weighted by atomic mass is 10.3. The van der Waals surface area contributed by atoms with Crippen molar-refractivity contribution in [1.29, 1.82) is 0 Å². The van der Waals surface area contributed by atoms with Gasteiger partial charge in [0, 0.05) is 10.5 Å². The predicted molar refractivity (Wildman–Crippen MR) is 74.6 cm³/mol. The van der Waals surface area contributed by atoms with Crippen molar-refractivity contribution in [3.05, 3.63) is 58.3 Å². The normalized spacial score (nSPS) is 10.3. The molecule has 3 nitrogen and oxygen atoms in total. The quantitative estimate of drug-likeness (QED) is 0.899. The van der Waals surface area contributed by atoms with Gasteiger partial charge in [-0.15, -0.1) is 0 Å². The fraction of sp³-hybridized carbons (Fsp3) is 0.0714. The SMILES string of the molecule is O=C(COc1ccc(F)cc1F)Nc1ccc(Br)cc1F. The van der Waals surface area contributed by atoms with E-state index >= 15 is 0 Å². The molecule has 0 atom stereocenters. The van der Waals surface area contributed by atoms with Gasteiger partial charge in [-0.3, -0.25) is 4.79 Å². The van der Waals surface area contributed by atoms with Crippen LogP contribution in [0.1, 0.15) is 0 Å². The predicted octanol–water partition coefficient (Wildman–Crippen LogP) is 3.88. The van der Waals surface area contributed by atoms with Crippen molar-refractivity contribution >= 4 is 27.5 Å². The molecule has 0 radical (unpaired) electrons. The fourth-order valence-electron chi connectivity index (χ4n) is 1.51. The average Bonchev–Trinajstić information content (AvgIpc) is 2.41. The number of benzene rings is 2. The van der Waals surface area contributed by atoms with Crippen LogP contribution in [0.4, 0.5) is 18.9 Å². The second kappa shape index (κ2) is 6.62. The number of anilines is 1. The third-order valence-corrected chi connectivity index (χ3v) is 2.95. The first-order valence-corrected chi connectivity index (χ1v) is 6.58. The Morgan fingerprint density at radius 3 is 2.52 bits per heavy atom. The van der Waals surface area contributed by atoms with Gasteiger partial charge in [-0.2, -0.15) is 0 Å². The molecule has 0 aliphatic carbocycles. The van der Waals surface area contributed by atoms with Crippen molar-refractivity contribution in [3.63, 3.8) is 0 Å². The van der Waals surface area contributed by atoms with Crippen LogP contribution >= 0.6 is 15.9 Å². The van der Waals surface area contributed by atoms with Crippen molar-refractivity contribution in [2.75, 3.05) is 11.9 Å². The minimum atomic E-state index is -0.919. The standard InChI is InChI=1S/C14H9BrF3NO2/c15-8-1-3-12(10(17)5-8)19-14(20)7-21-13-4-2-9(16)6-11(13)18/h1-6H,7H2,(H,19,20). The Morgan fingerprint density at radius 1 is 1.10 bits per heavy atom. The highest BCUT2D eigenvalue weighted by atomic mass is 79.9. The second-order valence-electron chi connectivity index (χ2n) is 4.04. The number of nitrogens with one attached hydrogen (secondary N) is 1. The highest BCUT2D eigenvalue weighted by Crippen LogP contribution is 2.20. The molecular formula is C14H9BrF3NO2. The Balaban J connectivity index is 1.96. The lowest BCUT2D eigenvalue weighted by molar-refractivity contribution is -0.118. The van der Waals surface area contributed by atoms with E-state index in [9.17, 15) is 18.0 Å². The lowest BCUT2D eigenvalue weighted by Crippen LogP contribution is -2.21. The van der Waals surface area contributed by atoms with E-state index in [0.717, 1.165) is 12.1 Å². The number of rotatable bonds is 4. The van der Waals surface area contributed by atoms with Crippen LogP contribution in [0.2, 0.25) is 0 Å². The van der Waals surface area contributed by atoms with Crippen molar-refractivity contribution in [2.45, 2.75) is 0 Å². The van der Waals surface area contributed by atoms with Gasteiger partial charge in [0.2, 0.25) is 0 Å². The molecular weight excluding hydrogens is 351 g/mol. The molecule has 2 aromatic rings. The van der Waals surface area contributed by atoms with Gasteiger partial charge in [0.25, 0.3) is 5.91 Å². The molecule has 1 amide bonds.